The van der Waals surface area contributed by atoms with Gasteiger partial charge in [0.2, 0.25) is 0 Å². The summed E-state index contributed by atoms with van der Waals surface area (Å²) in [5.74, 6) is -1.27. The van der Waals surface area contributed by atoms with E-state index in [9.17, 15) is 8.78 Å². The Morgan fingerprint density at radius 1 is 0.950 bits per heavy atom. The third-order valence-corrected chi connectivity index (χ3v) is 3.30. The smallest absolute Gasteiger partial charge is 0.131 e. The van der Waals surface area contributed by atoms with Crippen LogP contribution in [0.5, 0.6) is 0 Å². The largest absolute Gasteiger partial charge is 0.320 e. The Balaban J connectivity index is 2.10. The van der Waals surface area contributed by atoms with Gasteiger partial charge in [0, 0.05) is 17.1 Å². The summed E-state index contributed by atoms with van der Waals surface area (Å²) < 4.78 is 27.5. The lowest BCUT2D eigenvalue weighted by Crippen LogP contribution is -2.15. The van der Waals surface area contributed by atoms with Crippen molar-refractivity contribution in [3.8, 4) is 0 Å². The average Bonchev–Trinajstić information content (AvgIpc) is 2.46. The maximum atomic E-state index is 13.8. The van der Waals surface area contributed by atoms with Crippen molar-refractivity contribution in [1.82, 2.24) is 4.98 Å². The fourth-order valence-electron chi connectivity index (χ4n) is 2.26. The van der Waals surface area contributed by atoms with E-state index in [4.69, 9.17) is 5.73 Å². The van der Waals surface area contributed by atoms with Crippen molar-refractivity contribution in [1.29, 1.82) is 0 Å². The summed E-state index contributed by atoms with van der Waals surface area (Å²) in [5.41, 5.74) is 7.36. The Hall–Kier alpha value is -2.33. The Morgan fingerprint density at radius 2 is 1.70 bits per heavy atom. The van der Waals surface area contributed by atoms with Crippen LogP contribution in [0.3, 0.4) is 0 Å². The van der Waals surface area contributed by atoms with Crippen molar-refractivity contribution in [2.24, 2.45) is 5.73 Å². The molecule has 2 aromatic carbocycles. The van der Waals surface area contributed by atoms with Crippen LogP contribution in [0.15, 0.2) is 54.7 Å². The summed E-state index contributed by atoms with van der Waals surface area (Å²) in [4.78, 5) is 4.20. The quantitative estimate of drug-likeness (QED) is 0.773. The normalized spacial score (nSPS) is 12.6. The lowest BCUT2D eigenvalue weighted by molar-refractivity contribution is 0.543. The van der Waals surface area contributed by atoms with Gasteiger partial charge in [0.05, 0.1) is 11.6 Å². The third-order valence-electron chi connectivity index (χ3n) is 3.30. The fraction of sp³-hybridized carbons (Fsp3) is 0.0625. The van der Waals surface area contributed by atoms with Crippen LogP contribution in [-0.4, -0.2) is 4.98 Å². The number of halogens is 2. The summed E-state index contributed by atoms with van der Waals surface area (Å²) in [7, 11) is 0. The summed E-state index contributed by atoms with van der Waals surface area (Å²) in [6, 6.07) is 11.9. The van der Waals surface area contributed by atoms with Gasteiger partial charge in [-0.2, -0.15) is 0 Å². The molecular weight excluding hydrogens is 258 g/mol. The minimum Gasteiger partial charge on any atom is -0.320 e. The van der Waals surface area contributed by atoms with E-state index < -0.39 is 17.7 Å². The molecule has 2 N–H and O–H groups in total. The third kappa shape index (κ3) is 2.14. The zero-order chi connectivity index (χ0) is 14.1. The molecule has 0 bridgehead atoms. The molecule has 4 heteroatoms. The highest BCUT2D eigenvalue weighted by atomic mass is 19.1. The van der Waals surface area contributed by atoms with Crippen molar-refractivity contribution in [3.05, 3.63) is 77.5 Å². The van der Waals surface area contributed by atoms with E-state index in [2.05, 4.69) is 4.98 Å². The molecule has 1 heterocycles. The Kier molecular flexibility index (Phi) is 3.16. The minimum atomic E-state index is -0.846. The van der Waals surface area contributed by atoms with Gasteiger partial charge in [-0.05, 0) is 35.9 Å². The average molecular weight is 270 g/mol. The number of pyridine rings is 1. The van der Waals surface area contributed by atoms with Gasteiger partial charge in [-0.15, -0.1) is 0 Å². The van der Waals surface area contributed by atoms with E-state index in [0.29, 0.717) is 5.56 Å². The number of benzene rings is 2. The van der Waals surface area contributed by atoms with Crippen molar-refractivity contribution in [2.45, 2.75) is 6.04 Å². The first-order valence-electron chi connectivity index (χ1n) is 6.21. The van der Waals surface area contributed by atoms with E-state index in [1.54, 1.807) is 30.5 Å². The van der Waals surface area contributed by atoms with Crippen LogP contribution in [0.4, 0.5) is 8.78 Å². The van der Waals surface area contributed by atoms with Gasteiger partial charge < -0.3 is 5.73 Å². The van der Waals surface area contributed by atoms with E-state index >= 15 is 0 Å². The van der Waals surface area contributed by atoms with Gasteiger partial charge in [0.25, 0.3) is 0 Å². The first-order chi connectivity index (χ1) is 9.66. The zero-order valence-corrected chi connectivity index (χ0v) is 10.6. The highest BCUT2D eigenvalue weighted by molar-refractivity contribution is 5.79. The Bertz CT molecular complexity index is 751. The summed E-state index contributed by atoms with van der Waals surface area (Å²) in [5, 5.41) is 0.886. The molecule has 0 radical (unpaired) electrons. The van der Waals surface area contributed by atoms with Gasteiger partial charge in [-0.25, -0.2) is 8.78 Å². The molecule has 3 aromatic rings. The van der Waals surface area contributed by atoms with Crippen LogP contribution >= 0.6 is 0 Å². The number of nitrogens with zero attached hydrogens (tertiary/aromatic N) is 1. The van der Waals surface area contributed by atoms with Gasteiger partial charge in [0.1, 0.15) is 11.6 Å². The molecule has 3 rings (SSSR count). The number of hydrogen-bond donors (Lipinski definition) is 1. The van der Waals surface area contributed by atoms with E-state index in [1.165, 1.54) is 18.2 Å². The Morgan fingerprint density at radius 3 is 2.45 bits per heavy atom. The number of rotatable bonds is 2. The molecule has 0 fully saturated rings. The molecule has 0 saturated carbocycles. The number of fused-ring (bicyclic) bond motifs is 1. The SMILES string of the molecule is NC(c1ccc2ncccc2c1)c1c(F)cccc1F. The fourth-order valence-corrected chi connectivity index (χ4v) is 2.26. The minimum absolute atomic E-state index is 0.115. The van der Waals surface area contributed by atoms with Gasteiger partial charge in [-0.1, -0.05) is 18.2 Å². The van der Waals surface area contributed by atoms with Crippen LogP contribution in [0.2, 0.25) is 0 Å². The monoisotopic (exact) mass is 270 g/mol. The lowest BCUT2D eigenvalue weighted by Gasteiger charge is -2.15. The molecule has 0 amide bonds. The second-order valence-electron chi connectivity index (χ2n) is 4.57. The predicted molar refractivity (Wildman–Crippen MR) is 74.1 cm³/mol. The van der Waals surface area contributed by atoms with Crippen LogP contribution in [0.1, 0.15) is 17.2 Å². The molecular formula is C16H12F2N2. The second kappa shape index (κ2) is 4.98. The highest BCUT2D eigenvalue weighted by Gasteiger charge is 2.18. The molecule has 0 aliphatic carbocycles. The number of nitrogens with two attached hydrogens (primary N) is 1. The molecule has 20 heavy (non-hydrogen) atoms. The van der Waals surface area contributed by atoms with E-state index in [1.807, 2.05) is 6.07 Å². The molecule has 0 aliphatic rings. The zero-order valence-electron chi connectivity index (χ0n) is 10.6. The molecule has 1 atom stereocenters. The molecule has 0 saturated heterocycles. The van der Waals surface area contributed by atoms with Gasteiger partial charge in [0.15, 0.2) is 0 Å². The van der Waals surface area contributed by atoms with Gasteiger partial charge in [-0.3, -0.25) is 4.98 Å². The first-order valence-corrected chi connectivity index (χ1v) is 6.21. The summed E-state index contributed by atoms with van der Waals surface area (Å²) in [6.07, 6.45) is 1.69. The molecule has 1 aromatic heterocycles. The van der Waals surface area contributed by atoms with E-state index in [-0.39, 0.29) is 5.56 Å². The predicted octanol–water partition coefficient (Wildman–Crippen LogP) is 3.56. The Labute approximate surface area is 114 Å². The van der Waals surface area contributed by atoms with Crippen LogP contribution in [0.25, 0.3) is 10.9 Å². The lowest BCUT2D eigenvalue weighted by atomic mass is 9.97. The molecule has 100 valence electrons. The van der Waals surface area contributed by atoms with Crippen molar-refractivity contribution in [2.75, 3.05) is 0 Å². The maximum Gasteiger partial charge on any atom is 0.131 e. The molecule has 0 spiro atoms. The number of aromatic nitrogens is 1. The van der Waals surface area contributed by atoms with Crippen LogP contribution in [0, 0.1) is 11.6 Å². The van der Waals surface area contributed by atoms with Crippen molar-refractivity contribution >= 4 is 10.9 Å². The van der Waals surface area contributed by atoms with E-state index in [0.717, 1.165) is 10.9 Å². The van der Waals surface area contributed by atoms with Crippen molar-refractivity contribution < 1.29 is 8.78 Å². The van der Waals surface area contributed by atoms with Crippen LogP contribution in [-0.2, 0) is 0 Å². The summed E-state index contributed by atoms with van der Waals surface area (Å²) in [6.45, 7) is 0. The maximum absolute atomic E-state index is 13.8. The second-order valence-corrected chi connectivity index (χ2v) is 4.57. The summed E-state index contributed by atoms with van der Waals surface area (Å²) >= 11 is 0. The standard InChI is InChI=1S/C16H12F2N2/c17-12-4-1-5-13(18)15(12)16(19)11-6-7-14-10(9-11)3-2-8-20-14/h1-9,16H,19H2. The molecule has 1 unspecified atom stereocenters. The van der Waals surface area contributed by atoms with Crippen LogP contribution < -0.4 is 5.73 Å². The molecule has 2 nitrogen and oxygen atoms in total. The number of hydrogen-bond acceptors (Lipinski definition) is 2. The van der Waals surface area contributed by atoms with Gasteiger partial charge >= 0.3 is 0 Å². The highest BCUT2D eigenvalue weighted by Crippen LogP contribution is 2.26. The van der Waals surface area contributed by atoms with Crippen molar-refractivity contribution in [3.63, 3.8) is 0 Å². The topological polar surface area (TPSA) is 38.9 Å². The first kappa shape index (κ1) is 12.7. The molecule has 0 aliphatic heterocycles.